The van der Waals surface area contributed by atoms with Crippen LogP contribution in [0, 0.1) is 0 Å². The second-order valence-electron chi connectivity index (χ2n) is 3.85. The van der Waals surface area contributed by atoms with Gasteiger partial charge in [-0.3, -0.25) is 9.36 Å². The van der Waals surface area contributed by atoms with Crippen LogP contribution in [0.2, 0.25) is 0 Å². The lowest BCUT2D eigenvalue weighted by Gasteiger charge is -2.10. The van der Waals surface area contributed by atoms with E-state index in [9.17, 15) is 13.6 Å². The lowest BCUT2D eigenvalue weighted by Crippen LogP contribution is -2.23. The van der Waals surface area contributed by atoms with Crippen molar-refractivity contribution >= 4 is 22.7 Å². The molecule has 0 saturated carbocycles. The van der Waals surface area contributed by atoms with Crippen LogP contribution in [0.15, 0.2) is 46.4 Å². The predicted molar refractivity (Wildman–Crippen MR) is 72.7 cm³/mol. The lowest BCUT2D eigenvalue weighted by atomic mass is 10.2. The molecular formula is C13H12F2N2OS. The molecule has 0 radical (unpaired) electrons. The third-order valence-corrected chi connectivity index (χ3v) is 3.34. The highest BCUT2D eigenvalue weighted by atomic mass is 32.2. The summed E-state index contributed by atoms with van der Waals surface area (Å²) in [4.78, 5) is 16.7. The largest absolute Gasteiger partial charge is 0.287 e. The van der Waals surface area contributed by atoms with Gasteiger partial charge in [-0.25, -0.2) is 4.98 Å². The Hall–Kier alpha value is -1.69. The number of aromatic nitrogens is 2. The molecule has 0 aliphatic rings. The molecule has 2 rings (SSSR count). The van der Waals surface area contributed by atoms with E-state index < -0.39 is 6.08 Å². The number of thioether (sulfide) groups is 1. The molecule has 1 heterocycles. The van der Waals surface area contributed by atoms with Crippen molar-refractivity contribution in [1.82, 2.24) is 9.55 Å². The number of hydrogen-bond acceptors (Lipinski definition) is 3. The summed E-state index contributed by atoms with van der Waals surface area (Å²) in [6.45, 7) is 0.199. The maximum absolute atomic E-state index is 12.3. The average molecular weight is 282 g/mol. The van der Waals surface area contributed by atoms with Crippen molar-refractivity contribution in [3.63, 3.8) is 0 Å². The number of fused-ring (bicyclic) bond motifs is 1. The first-order valence-corrected chi connectivity index (χ1v) is 6.90. The summed E-state index contributed by atoms with van der Waals surface area (Å²) in [6.07, 6.45) is 0.993. The molecule has 0 atom stereocenters. The van der Waals surface area contributed by atoms with Gasteiger partial charge in [0.05, 0.1) is 10.9 Å². The molecule has 19 heavy (non-hydrogen) atoms. The second kappa shape index (κ2) is 5.97. The van der Waals surface area contributed by atoms with Crippen molar-refractivity contribution in [3.05, 3.63) is 46.8 Å². The molecule has 0 aliphatic heterocycles. The highest BCUT2D eigenvalue weighted by molar-refractivity contribution is 7.98. The molecule has 0 bridgehead atoms. The van der Waals surface area contributed by atoms with Crippen LogP contribution in [0.4, 0.5) is 8.78 Å². The minimum atomic E-state index is -1.73. The zero-order chi connectivity index (χ0) is 13.8. The van der Waals surface area contributed by atoms with E-state index >= 15 is 0 Å². The van der Waals surface area contributed by atoms with Crippen molar-refractivity contribution in [2.24, 2.45) is 0 Å². The molecule has 0 fully saturated rings. The first-order chi connectivity index (χ1) is 9.13. The number of allylic oxidation sites excluding steroid dienone is 1. The minimum absolute atomic E-state index is 0.107. The van der Waals surface area contributed by atoms with E-state index in [0.29, 0.717) is 16.1 Å². The van der Waals surface area contributed by atoms with Gasteiger partial charge < -0.3 is 0 Å². The summed E-state index contributed by atoms with van der Waals surface area (Å²) < 4.78 is 25.5. The van der Waals surface area contributed by atoms with Crippen molar-refractivity contribution in [3.8, 4) is 0 Å². The molecule has 2 aromatic rings. The monoisotopic (exact) mass is 282 g/mol. The highest BCUT2D eigenvalue weighted by Gasteiger charge is 2.09. The van der Waals surface area contributed by atoms with Crippen LogP contribution in [0.25, 0.3) is 10.9 Å². The van der Waals surface area contributed by atoms with Crippen LogP contribution in [0.1, 0.15) is 6.42 Å². The fourth-order valence-corrected chi connectivity index (χ4v) is 2.39. The normalized spacial score (nSPS) is 10.7. The first kappa shape index (κ1) is 13.7. The molecule has 1 aromatic heterocycles. The Morgan fingerprint density at radius 1 is 1.42 bits per heavy atom. The Bertz CT molecular complexity index is 678. The molecule has 0 aliphatic carbocycles. The van der Waals surface area contributed by atoms with Crippen LogP contribution >= 0.6 is 11.8 Å². The molecule has 0 unspecified atom stereocenters. The molecule has 100 valence electrons. The third-order valence-electron chi connectivity index (χ3n) is 2.66. The number of nitrogens with zero attached hydrogens (tertiary/aromatic N) is 2. The van der Waals surface area contributed by atoms with E-state index in [1.54, 1.807) is 24.5 Å². The van der Waals surface area contributed by atoms with E-state index in [0.717, 1.165) is 6.08 Å². The summed E-state index contributed by atoms with van der Waals surface area (Å²) in [5, 5.41) is 1.04. The Labute approximate surface area is 113 Å². The smallest absolute Gasteiger partial charge is 0.266 e. The molecule has 0 N–H and O–H groups in total. The fraction of sp³-hybridized carbons (Fsp3) is 0.231. The van der Waals surface area contributed by atoms with Crippen LogP contribution in [0.3, 0.4) is 0 Å². The van der Waals surface area contributed by atoms with Crippen LogP contribution in [-0.4, -0.2) is 15.8 Å². The van der Waals surface area contributed by atoms with E-state index in [1.807, 2.05) is 6.07 Å². The molecule has 6 heteroatoms. The first-order valence-electron chi connectivity index (χ1n) is 5.68. The molecular weight excluding hydrogens is 270 g/mol. The summed E-state index contributed by atoms with van der Waals surface area (Å²) in [7, 11) is 0. The fourth-order valence-electron chi connectivity index (χ4n) is 1.80. The van der Waals surface area contributed by atoms with Crippen molar-refractivity contribution < 1.29 is 8.78 Å². The van der Waals surface area contributed by atoms with E-state index in [-0.39, 0.29) is 18.5 Å². The number of para-hydroxylation sites is 1. The van der Waals surface area contributed by atoms with Gasteiger partial charge >= 0.3 is 0 Å². The van der Waals surface area contributed by atoms with Crippen LogP contribution < -0.4 is 5.56 Å². The zero-order valence-electron chi connectivity index (χ0n) is 10.3. The van der Waals surface area contributed by atoms with Gasteiger partial charge in [-0.1, -0.05) is 23.9 Å². The van der Waals surface area contributed by atoms with Gasteiger partial charge in [-0.2, -0.15) is 8.78 Å². The van der Waals surface area contributed by atoms with Crippen LogP contribution in [0.5, 0.6) is 0 Å². The topological polar surface area (TPSA) is 34.9 Å². The van der Waals surface area contributed by atoms with Gasteiger partial charge in [0.1, 0.15) is 0 Å². The standard InChI is InChI=1S/C13H12F2N2OS/c1-19-13-16-10-6-3-2-5-9(10)12(18)17(13)8-4-7-11(14)15/h2-3,5-7H,4,8H2,1H3. The lowest BCUT2D eigenvalue weighted by molar-refractivity contribution is 0.415. The van der Waals surface area contributed by atoms with Gasteiger partial charge in [-0.15, -0.1) is 0 Å². The number of hydrogen-bond donors (Lipinski definition) is 0. The molecule has 0 spiro atoms. The summed E-state index contributed by atoms with van der Waals surface area (Å²) in [5.74, 6) is 0. The van der Waals surface area contributed by atoms with E-state index in [2.05, 4.69) is 4.98 Å². The molecule has 1 aromatic carbocycles. The van der Waals surface area contributed by atoms with Crippen molar-refractivity contribution in [2.45, 2.75) is 18.1 Å². The Morgan fingerprint density at radius 2 is 2.16 bits per heavy atom. The summed E-state index contributed by atoms with van der Waals surface area (Å²) in [6, 6.07) is 7.03. The maximum Gasteiger partial charge on any atom is 0.266 e. The Balaban J connectivity index is 2.49. The Kier molecular flexibility index (Phi) is 4.31. The van der Waals surface area contributed by atoms with Gasteiger partial charge in [-0.05, 0) is 30.9 Å². The number of halogens is 2. The molecule has 3 nitrogen and oxygen atoms in total. The van der Waals surface area contributed by atoms with E-state index in [1.165, 1.54) is 16.3 Å². The summed E-state index contributed by atoms with van der Waals surface area (Å²) >= 11 is 1.33. The molecule has 0 saturated heterocycles. The van der Waals surface area contributed by atoms with Gasteiger partial charge in [0.25, 0.3) is 11.6 Å². The SMILES string of the molecule is CSc1nc2ccccc2c(=O)n1CCC=C(F)F. The second-order valence-corrected chi connectivity index (χ2v) is 4.63. The molecule has 0 amide bonds. The predicted octanol–water partition coefficient (Wildman–Crippen LogP) is 3.29. The Morgan fingerprint density at radius 3 is 2.84 bits per heavy atom. The highest BCUT2D eigenvalue weighted by Crippen LogP contribution is 2.15. The third kappa shape index (κ3) is 3.01. The van der Waals surface area contributed by atoms with Crippen LogP contribution in [-0.2, 0) is 6.54 Å². The van der Waals surface area contributed by atoms with E-state index in [4.69, 9.17) is 0 Å². The van der Waals surface area contributed by atoms with Gasteiger partial charge in [0, 0.05) is 6.54 Å². The average Bonchev–Trinajstić information content (AvgIpc) is 2.40. The minimum Gasteiger partial charge on any atom is -0.287 e. The quantitative estimate of drug-likeness (QED) is 0.637. The van der Waals surface area contributed by atoms with Crippen molar-refractivity contribution in [2.75, 3.05) is 6.26 Å². The van der Waals surface area contributed by atoms with Crippen molar-refractivity contribution in [1.29, 1.82) is 0 Å². The summed E-state index contributed by atoms with van der Waals surface area (Å²) in [5.41, 5.74) is 0.433. The van der Waals surface area contributed by atoms with Gasteiger partial charge in [0.15, 0.2) is 5.16 Å². The number of benzene rings is 1. The zero-order valence-corrected chi connectivity index (χ0v) is 11.1. The number of rotatable bonds is 4. The van der Waals surface area contributed by atoms with Gasteiger partial charge in [0.2, 0.25) is 0 Å². The maximum atomic E-state index is 12.3.